The second-order valence-corrected chi connectivity index (χ2v) is 5.13. The van der Waals surface area contributed by atoms with Gasteiger partial charge in [-0.2, -0.15) is 13.2 Å². The van der Waals surface area contributed by atoms with E-state index in [-0.39, 0.29) is 12.5 Å². The van der Waals surface area contributed by atoms with Crippen molar-refractivity contribution in [2.24, 2.45) is 11.8 Å². The quantitative estimate of drug-likeness (QED) is 0.660. The Labute approximate surface area is 112 Å². The standard InChI is InChI=1S/C13H24F3NO2/c1-18-7-6-17-8-12(11-4-2-3-5-11)9-19-10-13(14,15)16/h11-12,17H,2-10H2,1H3. The minimum Gasteiger partial charge on any atom is -0.383 e. The molecular formula is C13H24F3NO2. The summed E-state index contributed by atoms with van der Waals surface area (Å²) in [6.45, 7) is 1.07. The minimum absolute atomic E-state index is 0.168. The summed E-state index contributed by atoms with van der Waals surface area (Å²) >= 11 is 0. The SMILES string of the molecule is COCCNCC(COCC(F)(F)F)C1CCCC1. The zero-order valence-electron chi connectivity index (χ0n) is 11.5. The van der Waals surface area contributed by atoms with E-state index in [0.29, 0.717) is 19.1 Å². The molecule has 1 saturated carbocycles. The van der Waals surface area contributed by atoms with Gasteiger partial charge in [0.25, 0.3) is 0 Å². The molecule has 1 aliphatic carbocycles. The topological polar surface area (TPSA) is 30.5 Å². The molecule has 0 spiro atoms. The first kappa shape index (κ1) is 16.7. The van der Waals surface area contributed by atoms with E-state index in [2.05, 4.69) is 5.32 Å². The van der Waals surface area contributed by atoms with Crippen LogP contribution in [-0.4, -0.2) is 46.2 Å². The van der Waals surface area contributed by atoms with Crippen molar-refractivity contribution in [3.63, 3.8) is 0 Å². The summed E-state index contributed by atoms with van der Waals surface area (Å²) in [6, 6.07) is 0. The average Bonchev–Trinajstić information content (AvgIpc) is 2.84. The summed E-state index contributed by atoms with van der Waals surface area (Å²) in [5.41, 5.74) is 0. The second kappa shape index (κ2) is 8.76. The average molecular weight is 283 g/mol. The van der Waals surface area contributed by atoms with Gasteiger partial charge in [0.05, 0.1) is 13.2 Å². The smallest absolute Gasteiger partial charge is 0.383 e. The van der Waals surface area contributed by atoms with Gasteiger partial charge in [-0.15, -0.1) is 0 Å². The molecule has 1 fully saturated rings. The van der Waals surface area contributed by atoms with E-state index in [4.69, 9.17) is 9.47 Å². The molecule has 114 valence electrons. The van der Waals surface area contributed by atoms with E-state index < -0.39 is 12.8 Å². The van der Waals surface area contributed by atoms with Crippen LogP contribution in [0.15, 0.2) is 0 Å². The zero-order valence-corrected chi connectivity index (χ0v) is 11.5. The molecule has 1 N–H and O–H groups in total. The Kier molecular flexibility index (Phi) is 7.71. The van der Waals surface area contributed by atoms with Crippen molar-refractivity contribution < 1.29 is 22.6 Å². The van der Waals surface area contributed by atoms with Crippen molar-refractivity contribution >= 4 is 0 Å². The van der Waals surface area contributed by atoms with Crippen molar-refractivity contribution in [2.45, 2.75) is 31.9 Å². The van der Waals surface area contributed by atoms with Crippen LogP contribution in [0.25, 0.3) is 0 Å². The fraction of sp³-hybridized carbons (Fsp3) is 1.00. The van der Waals surface area contributed by atoms with Crippen molar-refractivity contribution in [3.8, 4) is 0 Å². The van der Waals surface area contributed by atoms with E-state index in [9.17, 15) is 13.2 Å². The fourth-order valence-corrected chi connectivity index (χ4v) is 2.58. The van der Waals surface area contributed by atoms with Gasteiger partial charge in [0.1, 0.15) is 6.61 Å². The van der Waals surface area contributed by atoms with Crippen LogP contribution in [0.3, 0.4) is 0 Å². The van der Waals surface area contributed by atoms with Gasteiger partial charge in [-0.3, -0.25) is 0 Å². The normalized spacial score (nSPS) is 18.9. The highest BCUT2D eigenvalue weighted by Gasteiger charge is 2.30. The van der Waals surface area contributed by atoms with Crippen LogP contribution in [-0.2, 0) is 9.47 Å². The molecule has 1 rings (SSSR count). The second-order valence-electron chi connectivity index (χ2n) is 5.13. The number of hydrogen-bond donors (Lipinski definition) is 1. The Morgan fingerprint density at radius 3 is 2.53 bits per heavy atom. The molecule has 0 aromatic heterocycles. The lowest BCUT2D eigenvalue weighted by molar-refractivity contribution is -0.177. The van der Waals surface area contributed by atoms with Crippen LogP contribution in [0.4, 0.5) is 13.2 Å². The molecule has 19 heavy (non-hydrogen) atoms. The molecule has 1 unspecified atom stereocenters. The highest BCUT2D eigenvalue weighted by atomic mass is 19.4. The predicted molar refractivity (Wildman–Crippen MR) is 67.1 cm³/mol. The summed E-state index contributed by atoms with van der Waals surface area (Å²) in [5.74, 6) is 0.657. The van der Waals surface area contributed by atoms with Gasteiger partial charge in [0.2, 0.25) is 0 Å². The number of ether oxygens (including phenoxy) is 2. The number of halogens is 3. The highest BCUT2D eigenvalue weighted by molar-refractivity contribution is 4.77. The Hall–Kier alpha value is -0.330. The molecule has 0 aliphatic heterocycles. The number of hydrogen-bond acceptors (Lipinski definition) is 3. The lowest BCUT2D eigenvalue weighted by Gasteiger charge is -2.24. The van der Waals surface area contributed by atoms with Crippen LogP contribution < -0.4 is 5.32 Å². The molecule has 0 aromatic carbocycles. The maximum absolute atomic E-state index is 12.1. The van der Waals surface area contributed by atoms with Gasteiger partial charge in [-0.1, -0.05) is 25.7 Å². The minimum atomic E-state index is -4.23. The Balaban J connectivity index is 2.27. The Morgan fingerprint density at radius 2 is 1.95 bits per heavy atom. The summed E-state index contributed by atoms with van der Waals surface area (Å²) in [7, 11) is 1.63. The first-order chi connectivity index (χ1) is 9.03. The summed E-state index contributed by atoms with van der Waals surface area (Å²) in [5, 5.41) is 3.22. The van der Waals surface area contributed by atoms with Gasteiger partial charge >= 0.3 is 6.18 Å². The number of methoxy groups -OCH3 is 1. The first-order valence-corrected chi connectivity index (χ1v) is 6.87. The van der Waals surface area contributed by atoms with Crippen molar-refractivity contribution in [3.05, 3.63) is 0 Å². The van der Waals surface area contributed by atoms with Crippen LogP contribution in [0.5, 0.6) is 0 Å². The number of alkyl halides is 3. The Morgan fingerprint density at radius 1 is 1.26 bits per heavy atom. The van der Waals surface area contributed by atoms with Gasteiger partial charge in [0, 0.05) is 20.2 Å². The molecule has 0 heterocycles. The molecule has 6 heteroatoms. The third-order valence-electron chi connectivity index (χ3n) is 3.55. The summed E-state index contributed by atoms with van der Waals surface area (Å²) in [4.78, 5) is 0. The molecule has 1 atom stereocenters. The van der Waals surface area contributed by atoms with Crippen molar-refractivity contribution in [1.29, 1.82) is 0 Å². The first-order valence-electron chi connectivity index (χ1n) is 6.87. The van der Waals surface area contributed by atoms with Crippen LogP contribution >= 0.6 is 0 Å². The van der Waals surface area contributed by atoms with Gasteiger partial charge in [-0.05, 0) is 11.8 Å². The molecule has 1 aliphatic rings. The van der Waals surface area contributed by atoms with Gasteiger partial charge in [-0.25, -0.2) is 0 Å². The lowest BCUT2D eigenvalue weighted by atomic mass is 9.91. The van der Waals surface area contributed by atoms with Gasteiger partial charge < -0.3 is 14.8 Å². The van der Waals surface area contributed by atoms with Crippen LogP contribution in [0.1, 0.15) is 25.7 Å². The molecular weight excluding hydrogens is 259 g/mol. The molecule has 0 saturated heterocycles. The maximum atomic E-state index is 12.1. The zero-order chi connectivity index (χ0) is 14.1. The monoisotopic (exact) mass is 283 g/mol. The van der Waals surface area contributed by atoms with Crippen LogP contribution in [0, 0.1) is 11.8 Å². The van der Waals surface area contributed by atoms with Crippen molar-refractivity contribution in [1.82, 2.24) is 5.32 Å². The number of nitrogens with one attached hydrogen (secondary N) is 1. The molecule has 0 bridgehead atoms. The largest absolute Gasteiger partial charge is 0.411 e. The summed E-state index contributed by atoms with van der Waals surface area (Å²) < 4.78 is 46.0. The van der Waals surface area contributed by atoms with Crippen molar-refractivity contribution in [2.75, 3.05) is 40.0 Å². The molecule has 3 nitrogen and oxygen atoms in total. The lowest BCUT2D eigenvalue weighted by Crippen LogP contribution is -2.33. The maximum Gasteiger partial charge on any atom is 0.411 e. The predicted octanol–water partition coefficient (Wildman–Crippen LogP) is 2.61. The molecule has 0 radical (unpaired) electrons. The number of rotatable bonds is 9. The van der Waals surface area contributed by atoms with E-state index in [1.165, 1.54) is 12.8 Å². The van der Waals surface area contributed by atoms with E-state index in [1.807, 2.05) is 0 Å². The van der Waals surface area contributed by atoms with Gasteiger partial charge in [0.15, 0.2) is 0 Å². The third kappa shape index (κ3) is 7.74. The third-order valence-corrected chi connectivity index (χ3v) is 3.55. The highest BCUT2D eigenvalue weighted by Crippen LogP contribution is 2.31. The Bertz CT molecular complexity index is 230. The van der Waals surface area contributed by atoms with E-state index in [1.54, 1.807) is 7.11 Å². The molecule has 0 aromatic rings. The van der Waals surface area contributed by atoms with Crippen LogP contribution in [0.2, 0.25) is 0 Å². The van der Waals surface area contributed by atoms with E-state index >= 15 is 0 Å². The molecule has 0 amide bonds. The summed E-state index contributed by atoms with van der Waals surface area (Å²) in [6.07, 6.45) is 0.332. The fourth-order valence-electron chi connectivity index (χ4n) is 2.58. The van der Waals surface area contributed by atoms with E-state index in [0.717, 1.165) is 19.4 Å².